The highest BCUT2D eigenvalue weighted by Crippen LogP contribution is 2.29. The van der Waals surface area contributed by atoms with Crippen molar-refractivity contribution in [3.8, 4) is 0 Å². The maximum atomic E-state index is 12.4. The zero-order chi connectivity index (χ0) is 11.8. The second kappa shape index (κ2) is 4.47. The second-order valence-corrected chi connectivity index (χ2v) is 6.75. The number of sulfonamides is 1. The van der Waals surface area contributed by atoms with Crippen LogP contribution in [0.15, 0.2) is 33.6 Å². The van der Waals surface area contributed by atoms with Crippen molar-refractivity contribution in [2.45, 2.75) is 30.7 Å². The Morgan fingerprint density at radius 3 is 2.62 bits per heavy atom. The van der Waals surface area contributed by atoms with E-state index in [2.05, 4.69) is 15.9 Å². The Kier molecular flexibility index (Phi) is 3.37. The maximum Gasteiger partial charge on any atom is 0.244 e. The van der Waals surface area contributed by atoms with Crippen LogP contribution in [0.25, 0.3) is 0 Å². The van der Waals surface area contributed by atoms with Gasteiger partial charge in [-0.3, -0.25) is 0 Å². The molecule has 1 aliphatic rings. The molecule has 1 aliphatic heterocycles. The molecule has 0 N–H and O–H groups in total. The van der Waals surface area contributed by atoms with Crippen LogP contribution < -0.4 is 0 Å². The minimum atomic E-state index is -3.33. The Morgan fingerprint density at radius 2 is 2.06 bits per heavy atom. The molecule has 5 heteroatoms. The predicted molar refractivity (Wildman–Crippen MR) is 66.7 cm³/mol. The number of rotatable bonds is 2. The molecule has 1 aromatic carbocycles. The standard InChI is InChI=1S/C11H14BrNO2S/c1-9-5-4-8-13(9)16(14,15)11-7-3-2-6-10(11)12/h2-3,6-7,9H,4-5,8H2,1H3/t9-/m1/s1. The number of nitrogens with zero attached hydrogens (tertiary/aromatic N) is 1. The van der Waals surface area contributed by atoms with Crippen molar-refractivity contribution in [1.29, 1.82) is 0 Å². The van der Waals surface area contributed by atoms with Crippen molar-refractivity contribution in [3.05, 3.63) is 28.7 Å². The minimum absolute atomic E-state index is 0.108. The summed E-state index contributed by atoms with van der Waals surface area (Å²) >= 11 is 3.29. The highest BCUT2D eigenvalue weighted by Gasteiger charge is 2.33. The van der Waals surface area contributed by atoms with E-state index in [1.165, 1.54) is 0 Å². The van der Waals surface area contributed by atoms with E-state index >= 15 is 0 Å². The van der Waals surface area contributed by atoms with Crippen LogP contribution in [0.4, 0.5) is 0 Å². The van der Waals surface area contributed by atoms with E-state index in [1.54, 1.807) is 22.5 Å². The van der Waals surface area contributed by atoms with E-state index in [-0.39, 0.29) is 6.04 Å². The van der Waals surface area contributed by atoms with E-state index < -0.39 is 10.0 Å². The first-order chi connectivity index (χ1) is 7.53. The van der Waals surface area contributed by atoms with Gasteiger partial charge in [-0.05, 0) is 47.8 Å². The van der Waals surface area contributed by atoms with E-state index in [9.17, 15) is 8.42 Å². The van der Waals surface area contributed by atoms with Crippen LogP contribution in [0.2, 0.25) is 0 Å². The summed E-state index contributed by atoms with van der Waals surface area (Å²) in [6.07, 6.45) is 1.90. The predicted octanol–water partition coefficient (Wildman–Crippen LogP) is 2.62. The number of hydrogen-bond acceptors (Lipinski definition) is 2. The Hall–Kier alpha value is -0.390. The van der Waals surface area contributed by atoms with Crippen LogP contribution in [0, 0.1) is 0 Å². The van der Waals surface area contributed by atoms with Crippen LogP contribution in [0.1, 0.15) is 19.8 Å². The molecule has 0 spiro atoms. The third-order valence-corrected chi connectivity index (χ3v) is 5.94. The number of hydrogen-bond donors (Lipinski definition) is 0. The largest absolute Gasteiger partial charge is 0.244 e. The van der Waals surface area contributed by atoms with E-state index in [0.29, 0.717) is 15.9 Å². The molecule has 3 nitrogen and oxygen atoms in total. The molecule has 0 amide bonds. The smallest absolute Gasteiger partial charge is 0.207 e. The van der Waals surface area contributed by atoms with Crippen molar-refractivity contribution in [3.63, 3.8) is 0 Å². The van der Waals surface area contributed by atoms with E-state index in [0.717, 1.165) is 12.8 Å². The van der Waals surface area contributed by atoms with Crippen LogP contribution in [-0.4, -0.2) is 25.3 Å². The fourth-order valence-corrected chi connectivity index (χ4v) is 4.71. The Morgan fingerprint density at radius 1 is 1.38 bits per heavy atom. The summed E-state index contributed by atoms with van der Waals surface area (Å²) in [6, 6.07) is 7.07. The third kappa shape index (κ3) is 2.04. The SMILES string of the molecule is C[C@@H]1CCCN1S(=O)(=O)c1ccccc1Br. The lowest BCUT2D eigenvalue weighted by atomic mass is 10.3. The molecule has 1 aromatic rings. The van der Waals surface area contributed by atoms with Gasteiger partial charge in [-0.15, -0.1) is 0 Å². The van der Waals surface area contributed by atoms with Gasteiger partial charge >= 0.3 is 0 Å². The quantitative estimate of drug-likeness (QED) is 0.842. The molecule has 0 saturated carbocycles. The van der Waals surface area contributed by atoms with Crippen LogP contribution in [-0.2, 0) is 10.0 Å². The summed E-state index contributed by atoms with van der Waals surface area (Å²) in [6.45, 7) is 2.59. The Balaban J connectivity index is 2.43. The highest BCUT2D eigenvalue weighted by molar-refractivity contribution is 9.10. The van der Waals surface area contributed by atoms with Gasteiger partial charge in [-0.1, -0.05) is 12.1 Å². The van der Waals surface area contributed by atoms with Gasteiger partial charge in [-0.2, -0.15) is 4.31 Å². The number of benzene rings is 1. The van der Waals surface area contributed by atoms with Gasteiger partial charge in [0.15, 0.2) is 0 Å². The van der Waals surface area contributed by atoms with Crippen molar-refractivity contribution in [2.24, 2.45) is 0 Å². The van der Waals surface area contributed by atoms with Gasteiger partial charge in [0.2, 0.25) is 10.0 Å². The first kappa shape index (κ1) is 12.1. The highest BCUT2D eigenvalue weighted by atomic mass is 79.9. The molecular formula is C11H14BrNO2S. The van der Waals surface area contributed by atoms with Gasteiger partial charge in [0.25, 0.3) is 0 Å². The molecule has 1 fully saturated rings. The zero-order valence-electron chi connectivity index (χ0n) is 9.06. The molecular weight excluding hydrogens is 290 g/mol. The normalized spacial score (nSPS) is 22.5. The van der Waals surface area contributed by atoms with E-state index in [4.69, 9.17) is 0 Å². The molecule has 0 radical (unpaired) electrons. The molecule has 1 atom stereocenters. The van der Waals surface area contributed by atoms with Crippen molar-refractivity contribution in [1.82, 2.24) is 4.31 Å². The second-order valence-electron chi connectivity index (χ2n) is 4.04. The fraction of sp³-hybridized carbons (Fsp3) is 0.455. The first-order valence-electron chi connectivity index (χ1n) is 5.30. The third-order valence-electron chi connectivity index (χ3n) is 2.92. The summed E-state index contributed by atoms with van der Waals surface area (Å²) in [5.41, 5.74) is 0. The Bertz CT molecular complexity index is 487. The molecule has 0 unspecified atom stereocenters. The molecule has 2 rings (SSSR count). The van der Waals surface area contributed by atoms with Gasteiger partial charge in [0.05, 0.1) is 4.90 Å². The lowest BCUT2D eigenvalue weighted by molar-refractivity contribution is 0.408. The summed E-state index contributed by atoms with van der Waals surface area (Å²) in [7, 11) is -3.33. The first-order valence-corrected chi connectivity index (χ1v) is 7.53. The minimum Gasteiger partial charge on any atom is -0.207 e. The summed E-state index contributed by atoms with van der Waals surface area (Å²) in [5, 5.41) is 0. The Labute approximate surface area is 105 Å². The van der Waals surface area contributed by atoms with Crippen molar-refractivity contribution >= 4 is 26.0 Å². The van der Waals surface area contributed by atoms with Gasteiger partial charge < -0.3 is 0 Å². The monoisotopic (exact) mass is 303 g/mol. The average Bonchev–Trinajstić information content (AvgIpc) is 2.65. The summed E-state index contributed by atoms with van der Waals surface area (Å²) in [4.78, 5) is 0.365. The lowest BCUT2D eigenvalue weighted by Crippen LogP contribution is -2.33. The molecule has 0 aromatic heterocycles. The van der Waals surface area contributed by atoms with Crippen LogP contribution >= 0.6 is 15.9 Å². The van der Waals surface area contributed by atoms with Gasteiger partial charge in [0.1, 0.15) is 0 Å². The molecule has 16 heavy (non-hydrogen) atoms. The van der Waals surface area contributed by atoms with Gasteiger partial charge in [0, 0.05) is 17.1 Å². The maximum absolute atomic E-state index is 12.4. The molecule has 1 saturated heterocycles. The zero-order valence-corrected chi connectivity index (χ0v) is 11.5. The average molecular weight is 304 g/mol. The van der Waals surface area contributed by atoms with Crippen LogP contribution in [0.5, 0.6) is 0 Å². The van der Waals surface area contributed by atoms with Crippen LogP contribution in [0.3, 0.4) is 0 Å². The topological polar surface area (TPSA) is 37.4 Å². The molecule has 0 aliphatic carbocycles. The molecule has 0 bridgehead atoms. The summed E-state index contributed by atoms with van der Waals surface area (Å²) in [5.74, 6) is 0. The fourth-order valence-electron chi connectivity index (χ4n) is 2.04. The van der Waals surface area contributed by atoms with Crippen molar-refractivity contribution < 1.29 is 8.42 Å². The molecule has 1 heterocycles. The van der Waals surface area contributed by atoms with E-state index in [1.807, 2.05) is 13.0 Å². The van der Waals surface area contributed by atoms with Crippen molar-refractivity contribution in [2.75, 3.05) is 6.54 Å². The summed E-state index contributed by atoms with van der Waals surface area (Å²) < 4.78 is 26.9. The molecule has 88 valence electrons. The number of halogens is 1. The van der Waals surface area contributed by atoms with Gasteiger partial charge in [-0.25, -0.2) is 8.42 Å². The lowest BCUT2D eigenvalue weighted by Gasteiger charge is -2.21.